The van der Waals surface area contributed by atoms with Crippen molar-refractivity contribution < 1.29 is 4.74 Å². The van der Waals surface area contributed by atoms with Crippen molar-refractivity contribution in [3.05, 3.63) is 28.2 Å². The highest BCUT2D eigenvalue weighted by molar-refractivity contribution is 9.10. The summed E-state index contributed by atoms with van der Waals surface area (Å²) in [5.41, 5.74) is 1.30. The van der Waals surface area contributed by atoms with Gasteiger partial charge in [-0.2, -0.15) is 0 Å². The van der Waals surface area contributed by atoms with Crippen molar-refractivity contribution >= 4 is 15.9 Å². The molecule has 0 amide bonds. The molecular weight excluding hydrogens is 314 g/mol. The van der Waals surface area contributed by atoms with Gasteiger partial charge in [0.05, 0.1) is 6.61 Å². The van der Waals surface area contributed by atoms with E-state index >= 15 is 0 Å². The quantitative estimate of drug-likeness (QED) is 0.713. The van der Waals surface area contributed by atoms with Gasteiger partial charge in [-0.05, 0) is 49.9 Å². The molecule has 20 heavy (non-hydrogen) atoms. The predicted octanol–water partition coefficient (Wildman–Crippen LogP) is 5.08. The molecule has 0 radical (unpaired) electrons. The van der Waals surface area contributed by atoms with Gasteiger partial charge in [-0.1, -0.05) is 48.2 Å². The summed E-state index contributed by atoms with van der Waals surface area (Å²) in [6, 6.07) is 6.72. The van der Waals surface area contributed by atoms with E-state index in [1.165, 1.54) is 31.2 Å². The average molecular weight is 340 g/mol. The second kappa shape index (κ2) is 8.04. The first-order valence-electron chi connectivity index (χ1n) is 7.86. The largest absolute Gasteiger partial charge is 0.494 e. The monoisotopic (exact) mass is 339 g/mol. The fourth-order valence-electron chi connectivity index (χ4n) is 2.54. The van der Waals surface area contributed by atoms with Crippen molar-refractivity contribution in [1.29, 1.82) is 0 Å². The fraction of sp³-hybridized carbons (Fsp3) is 0.647. The zero-order chi connectivity index (χ0) is 14.4. The zero-order valence-electron chi connectivity index (χ0n) is 12.6. The van der Waals surface area contributed by atoms with Gasteiger partial charge in [-0.15, -0.1) is 0 Å². The minimum Gasteiger partial charge on any atom is -0.494 e. The Morgan fingerprint density at radius 2 is 2.20 bits per heavy atom. The summed E-state index contributed by atoms with van der Waals surface area (Å²) in [6.07, 6.45) is 6.56. The van der Waals surface area contributed by atoms with Crippen LogP contribution in [0.1, 0.15) is 57.6 Å². The molecule has 2 rings (SSSR count). The van der Waals surface area contributed by atoms with Gasteiger partial charge >= 0.3 is 0 Å². The van der Waals surface area contributed by atoms with Crippen LogP contribution >= 0.6 is 15.9 Å². The third kappa shape index (κ3) is 4.49. The van der Waals surface area contributed by atoms with Crippen LogP contribution in [0.25, 0.3) is 0 Å². The van der Waals surface area contributed by atoms with Crippen molar-refractivity contribution in [2.75, 3.05) is 13.2 Å². The maximum absolute atomic E-state index is 5.86. The molecular formula is C17H26BrNO. The smallest absolute Gasteiger partial charge is 0.120 e. The molecule has 1 aromatic carbocycles. The molecule has 0 aromatic heterocycles. The van der Waals surface area contributed by atoms with Crippen LogP contribution in [0.5, 0.6) is 5.75 Å². The van der Waals surface area contributed by atoms with Crippen molar-refractivity contribution in [2.45, 2.75) is 52.0 Å². The third-order valence-corrected chi connectivity index (χ3v) is 4.85. The Balaban J connectivity index is 1.84. The van der Waals surface area contributed by atoms with E-state index in [9.17, 15) is 0 Å². The Kier molecular flexibility index (Phi) is 6.37. The summed E-state index contributed by atoms with van der Waals surface area (Å²) >= 11 is 3.67. The van der Waals surface area contributed by atoms with Gasteiger partial charge in [0, 0.05) is 10.5 Å². The molecule has 112 valence electrons. The summed E-state index contributed by atoms with van der Waals surface area (Å²) in [6.45, 7) is 6.29. The van der Waals surface area contributed by atoms with Crippen molar-refractivity contribution in [3.63, 3.8) is 0 Å². The van der Waals surface area contributed by atoms with Crippen molar-refractivity contribution in [2.24, 2.45) is 5.92 Å². The van der Waals surface area contributed by atoms with Crippen molar-refractivity contribution in [1.82, 2.24) is 5.32 Å². The van der Waals surface area contributed by atoms with Crippen LogP contribution in [-0.4, -0.2) is 13.2 Å². The molecule has 0 bridgehead atoms. The molecule has 3 heteroatoms. The molecule has 1 aliphatic rings. The zero-order valence-corrected chi connectivity index (χ0v) is 14.2. The van der Waals surface area contributed by atoms with Gasteiger partial charge in [-0.3, -0.25) is 0 Å². The minimum atomic E-state index is 0.369. The third-order valence-electron chi connectivity index (χ3n) is 4.16. The van der Waals surface area contributed by atoms with Crippen LogP contribution in [0.4, 0.5) is 0 Å². The number of ether oxygens (including phenoxy) is 1. The number of nitrogens with one attached hydrogen (secondary N) is 1. The Morgan fingerprint density at radius 3 is 2.80 bits per heavy atom. The standard InChI is InChI=1S/C17H26BrNO/c1-3-10-19-13(2)16-8-7-15(12-17(16)18)20-11-9-14-5-4-6-14/h7-8,12-14,19H,3-6,9-11H2,1-2H3. The van der Waals surface area contributed by atoms with Crippen LogP contribution in [0.2, 0.25) is 0 Å². The topological polar surface area (TPSA) is 21.3 Å². The number of rotatable bonds is 8. The fourth-order valence-corrected chi connectivity index (χ4v) is 3.25. The maximum Gasteiger partial charge on any atom is 0.120 e. The Hall–Kier alpha value is -0.540. The maximum atomic E-state index is 5.86. The lowest BCUT2D eigenvalue weighted by molar-refractivity contribution is 0.222. The van der Waals surface area contributed by atoms with Crippen LogP contribution in [0.15, 0.2) is 22.7 Å². The lowest BCUT2D eigenvalue weighted by Gasteiger charge is -2.25. The average Bonchev–Trinajstić information content (AvgIpc) is 2.39. The number of hydrogen-bond donors (Lipinski definition) is 1. The predicted molar refractivity (Wildman–Crippen MR) is 88.3 cm³/mol. The molecule has 2 nitrogen and oxygen atoms in total. The summed E-state index contributed by atoms with van der Waals surface area (Å²) in [5, 5.41) is 3.51. The molecule has 0 saturated heterocycles. The lowest BCUT2D eigenvalue weighted by atomic mass is 9.83. The SMILES string of the molecule is CCCNC(C)c1ccc(OCCC2CCC2)cc1Br. The van der Waals surface area contributed by atoms with Crippen LogP contribution in [0, 0.1) is 5.92 Å². The Bertz CT molecular complexity index is 417. The molecule has 0 aliphatic heterocycles. The highest BCUT2D eigenvalue weighted by Crippen LogP contribution is 2.30. The Labute approximate surface area is 131 Å². The molecule has 0 heterocycles. The molecule has 1 N–H and O–H groups in total. The highest BCUT2D eigenvalue weighted by Gasteiger charge is 2.17. The summed E-state index contributed by atoms with van der Waals surface area (Å²) < 4.78 is 6.99. The van der Waals surface area contributed by atoms with E-state index in [1.54, 1.807) is 0 Å². The molecule has 1 atom stereocenters. The minimum absolute atomic E-state index is 0.369. The lowest BCUT2D eigenvalue weighted by Crippen LogP contribution is -2.19. The molecule has 1 saturated carbocycles. The summed E-state index contributed by atoms with van der Waals surface area (Å²) in [5.74, 6) is 1.89. The molecule has 1 aromatic rings. The van der Waals surface area contributed by atoms with Gasteiger partial charge in [0.1, 0.15) is 5.75 Å². The van der Waals surface area contributed by atoms with Gasteiger partial charge in [-0.25, -0.2) is 0 Å². The van der Waals surface area contributed by atoms with Gasteiger partial charge in [0.15, 0.2) is 0 Å². The van der Waals surface area contributed by atoms with E-state index in [0.29, 0.717) is 6.04 Å². The van der Waals surface area contributed by atoms with Gasteiger partial charge in [0.25, 0.3) is 0 Å². The molecule has 1 aliphatic carbocycles. The van der Waals surface area contributed by atoms with Crippen LogP contribution in [0.3, 0.4) is 0 Å². The van der Waals surface area contributed by atoms with E-state index in [4.69, 9.17) is 4.74 Å². The number of hydrogen-bond acceptors (Lipinski definition) is 2. The highest BCUT2D eigenvalue weighted by atomic mass is 79.9. The molecule has 0 spiro atoms. The summed E-state index contributed by atoms with van der Waals surface area (Å²) in [7, 11) is 0. The summed E-state index contributed by atoms with van der Waals surface area (Å²) in [4.78, 5) is 0. The molecule has 1 fully saturated rings. The first-order valence-corrected chi connectivity index (χ1v) is 8.65. The number of halogens is 1. The van der Waals surface area contributed by atoms with E-state index in [1.807, 2.05) is 0 Å². The second-order valence-electron chi connectivity index (χ2n) is 5.79. The first-order chi connectivity index (χ1) is 9.70. The van der Waals surface area contributed by atoms with Gasteiger partial charge in [0.2, 0.25) is 0 Å². The second-order valence-corrected chi connectivity index (χ2v) is 6.65. The van der Waals surface area contributed by atoms with E-state index < -0.39 is 0 Å². The van der Waals surface area contributed by atoms with Crippen molar-refractivity contribution in [3.8, 4) is 5.75 Å². The molecule has 1 unspecified atom stereocenters. The first kappa shape index (κ1) is 15.8. The van der Waals surface area contributed by atoms with E-state index in [-0.39, 0.29) is 0 Å². The van der Waals surface area contributed by atoms with Crippen LogP contribution in [-0.2, 0) is 0 Å². The van der Waals surface area contributed by atoms with E-state index in [0.717, 1.165) is 35.7 Å². The van der Waals surface area contributed by atoms with Crippen LogP contribution < -0.4 is 10.1 Å². The number of benzene rings is 1. The van der Waals surface area contributed by atoms with Gasteiger partial charge < -0.3 is 10.1 Å². The van der Waals surface area contributed by atoms with E-state index in [2.05, 4.69) is 53.3 Å². The normalized spacial score (nSPS) is 16.8. The Morgan fingerprint density at radius 1 is 1.40 bits per heavy atom.